The fraction of sp³-hybridized carbons (Fsp3) is 0.250. The first kappa shape index (κ1) is 19.9. The molecule has 0 saturated heterocycles. The quantitative estimate of drug-likeness (QED) is 0.564. The van der Waals surface area contributed by atoms with Crippen molar-refractivity contribution in [2.75, 3.05) is 7.11 Å². The average Bonchev–Trinajstić information content (AvgIpc) is 3.20. The molecule has 146 valence electrons. The second-order valence-electron chi connectivity index (χ2n) is 5.93. The molecule has 0 radical (unpaired) electrons. The molecule has 1 heterocycles. The Kier molecular flexibility index (Phi) is 6.65. The number of nitrogens with zero attached hydrogens (tertiary/aromatic N) is 2. The van der Waals surface area contributed by atoms with E-state index in [4.69, 9.17) is 14.0 Å². The maximum Gasteiger partial charge on any atom is 0.261 e. The predicted molar refractivity (Wildman–Crippen MR) is 107 cm³/mol. The van der Waals surface area contributed by atoms with Crippen LogP contribution in [0.3, 0.4) is 0 Å². The fourth-order valence-corrected chi connectivity index (χ4v) is 2.89. The van der Waals surface area contributed by atoms with E-state index in [1.54, 1.807) is 31.4 Å². The summed E-state index contributed by atoms with van der Waals surface area (Å²) in [7, 11) is 1.59. The molecule has 28 heavy (non-hydrogen) atoms. The highest BCUT2D eigenvalue weighted by Gasteiger charge is 2.19. The maximum atomic E-state index is 12.4. The molecule has 1 amide bonds. The third-order valence-electron chi connectivity index (χ3n) is 3.97. The molecule has 7 nitrogen and oxygen atoms in total. The Bertz CT molecular complexity index is 927. The molecule has 2 aromatic carbocycles. The summed E-state index contributed by atoms with van der Waals surface area (Å²) in [6, 6.07) is 14.7. The maximum absolute atomic E-state index is 12.4. The Morgan fingerprint density at radius 2 is 1.96 bits per heavy atom. The van der Waals surface area contributed by atoms with E-state index >= 15 is 0 Å². The molecule has 8 heteroatoms. The summed E-state index contributed by atoms with van der Waals surface area (Å²) < 4.78 is 17.0. The summed E-state index contributed by atoms with van der Waals surface area (Å²) >= 11 is 3.41. The molecule has 0 spiro atoms. The number of rotatable bonds is 8. The highest BCUT2D eigenvalue weighted by molar-refractivity contribution is 9.10. The summed E-state index contributed by atoms with van der Waals surface area (Å²) in [6.07, 6.45) is -0.105. The molecular formula is C20H20BrN3O4. The lowest BCUT2D eigenvalue weighted by molar-refractivity contribution is -0.128. The minimum absolute atomic E-state index is 0.127. The fourth-order valence-electron chi connectivity index (χ4n) is 2.49. The third kappa shape index (κ3) is 5.10. The van der Waals surface area contributed by atoms with E-state index in [0.717, 1.165) is 15.8 Å². The Balaban J connectivity index is 1.57. The van der Waals surface area contributed by atoms with Gasteiger partial charge in [0.05, 0.1) is 13.7 Å². The normalized spacial score (nSPS) is 11.7. The summed E-state index contributed by atoms with van der Waals surface area (Å²) in [5.41, 5.74) is 0.824. The number of hydrogen-bond acceptors (Lipinski definition) is 6. The van der Waals surface area contributed by atoms with Gasteiger partial charge in [0.25, 0.3) is 5.91 Å². The first-order valence-corrected chi connectivity index (χ1v) is 9.55. The van der Waals surface area contributed by atoms with E-state index in [1.807, 2.05) is 31.2 Å². The molecule has 0 unspecified atom stereocenters. The van der Waals surface area contributed by atoms with Crippen molar-refractivity contribution in [2.45, 2.75) is 26.0 Å². The molecule has 0 aliphatic rings. The van der Waals surface area contributed by atoms with Gasteiger partial charge < -0.3 is 19.3 Å². The SMILES string of the molecule is CC[C@H](Oc1ccc(OC)cc1)C(=O)NCc1nc(-c2cccc(Br)c2)no1. The van der Waals surface area contributed by atoms with Crippen molar-refractivity contribution in [3.63, 3.8) is 0 Å². The summed E-state index contributed by atoms with van der Waals surface area (Å²) in [5, 5.41) is 6.73. The standard InChI is InChI=1S/C20H20BrN3O4/c1-3-17(27-16-9-7-15(26-2)8-10-16)20(25)22-12-18-23-19(24-28-18)13-5-4-6-14(21)11-13/h4-11,17H,3,12H2,1-2H3,(H,22,25)/t17-/m0/s1. The lowest BCUT2D eigenvalue weighted by atomic mass is 10.2. The number of carbonyl (C=O) groups excluding carboxylic acids is 1. The first-order valence-electron chi connectivity index (χ1n) is 8.76. The van der Waals surface area contributed by atoms with Gasteiger partial charge in [-0.2, -0.15) is 4.98 Å². The third-order valence-corrected chi connectivity index (χ3v) is 4.46. The van der Waals surface area contributed by atoms with E-state index in [9.17, 15) is 4.79 Å². The molecule has 3 aromatic rings. The number of aromatic nitrogens is 2. The van der Waals surface area contributed by atoms with Crippen molar-refractivity contribution in [1.82, 2.24) is 15.5 Å². The van der Waals surface area contributed by atoms with Crippen molar-refractivity contribution in [3.05, 3.63) is 58.9 Å². The van der Waals surface area contributed by atoms with Gasteiger partial charge in [0, 0.05) is 10.0 Å². The van der Waals surface area contributed by atoms with Gasteiger partial charge in [-0.15, -0.1) is 0 Å². The molecule has 0 aliphatic carbocycles. The monoisotopic (exact) mass is 445 g/mol. The van der Waals surface area contributed by atoms with Crippen LogP contribution in [0.15, 0.2) is 57.5 Å². The number of carbonyl (C=O) groups is 1. The van der Waals surface area contributed by atoms with Gasteiger partial charge in [-0.1, -0.05) is 40.1 Å². The second-order valence-corrected chi connectivity index (χ2v) is 6.85. The number of methoxy groups -OCH3 is 1. The zero-order valence-corrected chi connectivity index (χ0v) is 17.1. The molecule has 0 aliphatic heterocycles. The lowest BCUT2D eigenvalue weighted by Gasteiger charge is -2.16. The highest BCUT2D eigenvalue weighted by Crippen LogP contribution is 2.21. The van der Waals surface area contributed by atoms with E-state index in [0.29, 0.717) is 23.9 Å². The van der Waals surface area contributed by atoms with Crippen LogP contribution in [0.1, 0.15) is 19.2 Å². The Labute approximate surface area is 171 Å². The van der Waals surface area contributed by atoms with Crippen LogP contribution in [-0.2, 0) is 11.3 Å². The van der Waals surface area contributed by atoms with Crippen molar-refractivity contribution in [3.8, 4) is 22.9 Å². The highest BCUT2D eigenvalue weighted by atomic mass is 79.9. The number of halogens is 1. The molecular weight excluding hydrogens is 426 g/mol. The Morgan fingerprint density at radius 1 is 1.21 bits per heavy atom. The molecule has 1 atom stereocenters. The van der Waals surface area contributed by atoms with Gasteiger partial charge in [0.2, 0.25) is 11.7 Å². The number of benzene rings is 2. The van der Waals surface area contributed by atoms with Gasteiger partial charge in [-0.05, 0) is 42.8 Å². The minimum atomic E-state index is -0.624. The van der Waals surface area contributed by atoms with Crippen LogP contribution in [0.2, 0.25) is 0 Å². The van der Waals surface area contributed by atoms with E-state index in [2.05, 4.69) is 31.4 Å². The topological polar surface area (TPSA) is 86.5 Å². The lowest BCUT2D eigenvalue weighted by Crippen LogP contribution is -2.37. The Hall–Kier alpha value is -2.87. The van der Waals surface area contributed by atoms with Crippen LogP contribution in [-0.4, -0.2) is 29.3 Å². The summed E-state index contributed by atoms with van der Waals surface area (Å²) in [5.74, 6) is 1.86. The number of ether oxygens (including phenoxy) is 2. The van der Waals surface area contributed by atoms with E-state index in [-0.39, 0.29) is 12.5 Å². The predicted octanol–water partition coefficient (Wildman–Crippen LogP) is 3.98. The molecule has 1 N–H and O–H groups in total. The largest absolute Gasteiger partial charge is 0.497 e. The van der Waals surface area contributed by atoms with Crippen LogP contribution in [0.25, 0.3) is 11.4 Å². The number of amides is 1. The van der Waals surface area contributed by atoms with Crippen molar-refractivity contribution < 1.29 is 18.8 Å². The summed E-state index contributed by atoms with van der Waals surface area (Å²) in [6.45, 7) is 2.01. The Morgan fingerprint density at radius 3 is 2.64 bits per heavy atom. The molecule has 0 saturated carbocycles. The van der Waals surface area contributed by atoms with Gasteiger partial charge in [-0.25, -0.2) is 0 Å². The van der Waals surface area contributed by atoms with Gasteiger partial charge in [-0.3, -0.25) is 4.79 Å². The van der Waals surface area contributed by atoms with Crippen molar-refractivity contribution >= 4 is 21.8 Å². The minimum Gasteiger partial charge on any atom is -0.497 e. The molecule has 0 fully saturated rings. The molecule has 1 aromatic heterocycles. The smallest absolute Gasteiger partial charge is 0.261 e. The van der Waals surface area contributed by atoms with E-state index < -0.39 is 6.10 Å². The van der Waals surface area contributed by atoms with Crippen molar-refractivity contribution in [2.24, 2.45) is 0 Å². The van der Waals surface area contributed by atoms with Crippen LogP contribution in [0.5, 0.6) is 11.5 Å². The van der Waals surface area contributed by atoms with Gasteiger partial charge in [0.1, 0.15) is 11.5 Å². The number of hydrogen-bond donors (Lipinski definition) is 1. The van der Waals surface area contributed by atoms with Crippen LogP contribution < -0.4 is 14.8 Å². The molecule has 0 bridgehead atoms. The van der Waals surface area contributed by atoms with E-state index in [1.165, 1.54) is 0 Å². The van der Waals surface area contributed by atoms with Crippen molar-refractivity contribution in [1.29, 1.82) is 0 Å². The van der Waals surface area contributed by atoms with Gasteiger partial charge >= 0.3 is 0 Å². The van der Waals surface area contributed by atoms with Crippen LogP contribution >= 0.6 is 15.9 Å². The molecule has 3 rings (SSSR count). The first-order chi connectivity index (χ1) is 13.6. The average molecular weight is 446 g/mol. The zero-order valence-electron chi connectivity index (χ0n) is 15.5. The second kappa shape index (κ2) is 9.36. The van der Waals surface area contributed by atoms with Gasteiger partial charge in [0.15, 0.2) is 6.10 Å². The summed E-state index contributed by atoms with van der Waals surface area (Å²) in [4.78, 5) is 16.8. The van der Waals surface area contributed by atoms with Crippen LogP contribution in [0.4, 0.5) is 0 Å². The number of nitrogens with one attached hydrogen (secondary N) is 1. The zero-order chi connectivity index (χ0) is 19.9. The van der Waals surface area contributed by atoms with Crippen LogP contribution in [0, 0.1) is 0 Å².